The third kappa shape index (κ3) is 6.60. The van der Waals surface area contributed by atoms with E-state index in [-0.39, 0.29) is 5.60 Å². The zero-order valence-corrected chi connectivity index (χ0v) is 12.8. The van der Waals surface area contributed by atoms with Crippen LogP contribution < -0.4 is 10.6 Å². The molecule has 0 spiro atoms. The molecule has 0 aliphatic heterocycles. The molecule has 0 saturated heterocycles. The van der Waals surface area contributed by atoms with Gasteiger partial charge in [-0.2, -0.15) is 0 Å². The van der Waals surface area contributed by atoms with Gasteiger partial charge in [0.25, 0.3) is 0 Å². The van der Waals surface area contributed by atoms with Crippen LogP contribution in [0.25, 0.3) is 0 Å². The number of rotatable bonds is 7. The molecular formula is C16H28N2O. The molecule has 2 N–H and O–H groups in total. The Hall–Kier alpha value is -1.06. The van der Waals surface area contributed by atoms with E-state index in [0.717, 1.165) is 32.7 Å². The topological polar surface area (TPSA) is 38.5 Å². The first-order valence-electron chi connectivity index (χ1n) is 7.08. The number of ether oxygens (including phenoxy) is 1. The molecule has 0 unspecified atom stereocenters. The summed E-state index contributed by atoms with van der Waals surface area (Å²) in [5.41, 5.74) is 8.07. The molecule has 0 amide bonds. The summed E-state index contributed by atoms with van der Waals surface area (Å²) in [4.78, 5) is 2.35. The smallest absolute Gasteiger partial charge is 0.0648 e. The van der Waals surface area contributed by atoms with E-state index in [9.17, 15) is 0 Å². The van der Waals surface area contributed by atoms with E-state index in [2.05, 4.69) is 56.9 Å². The van der Waals surface area contributed by atoms with Crippen LogP contribution in [0.2, 0.25) is 0 Å². The van der Waals surface area contributed by atoms with Gasteiger partial charge < -0.3 is 15.4 Å². The summed E-state index contributed by atoms with van der Waals surface area (Å²) < 4.78 is 5.81. The maximum atomic E-state index is 5.81. The Bertz CT molecular complexity index is 354. The number of benzene rings is 1. The molecule has 0 aromatic heterocycles. The first kappa shape index (κ1) is 16.0. The van der Waals surface area contributed by atoms with Crippen LogP contribution in [-0.4, -0.2) is 31.8 Å². The van der Waals surface area contributed by atoms with Crippen molar-refractivity contribution in [2.45, 2.75) is 39.7 Å². The minimum absolute atomic E-state index is 0.0766. The molecule has 0 heterocycles. The molecule has 0 saturated carbocycles. The van der Waals surface area contributed by atoms with Crippen molar-refractivity contribution in [3.8, 4) is 0 Å². The molecule has 0 radical (unpaired) electrons. The van der Waals surface area contributed by atoms with Crippen molar-refractivity contribution in [2.75, 3.05) is 31.1 Å². The van der Waals surface area contributed by atoms with E-state index in [0.29, 0.717) is 0 Å². The van der Waals surface area contributed by atoms with Gasteiger partial charge in [-0.3, -0.25) is 0 Å². The average Bonchev–Trinajstić information content (AvgIpc) is 2.33. The minimum atomic E-state index is -0.0766. The third-order valence-corrected chi connectivity index (χ3v) is 2.93. The summed E-state index contributed by atoms with van der Waals surface area (Å²) in [5, 5.41) is 0. The number of anilines is 1. The molecular weight excluding hydrogens is 236 g/mol. The van der Waals surface area contributed by atoms with Crippen molar-refractivity contribution in [1.29, 1.82) is 0 Å². The molecule has 108 valence electrons. The lowest BCUT2D eigenvalue weighted by molar-refractivity contribution is 0.00135. The number of hydrogen-bond acceptors (Lipinski definition) is 3. The average molecular weight is 264 g/mol. The van der Waals surface area contributed by atoms with Gasteiger partial charge in [0, 0.05) is 18.8 Å². The Morgan fingerprint density at radius 2 is 1.74 bits per heavy atom. The van der Waals surface area contributed by atoms with Crippen LogP contribution >= 0.6 is 0 Å². The Labute approximate surface area is 117 Å². The Kier molecular flexibility index (Phi) is 6.32. The monoisotopic (exact) mass is 264 g/mol. The summed E-state index contributed by atoms with van der Waals surface area (Å²) in [7, 11) is 0. The second-order valence-electron chi connectivity index (χ2n) is 5.93. The van der Waals surface area contributed by atoms with Crippen LogP contribution in [0, 0.1) is 6.92 Å². The van der Waals surface area contributed by atoms with Gasteiger partial charge >= 0.3 is 0 Å². The van der Waals surface area contributed by atoms with Gasteiger partial charge in [-0.05, 0) is 52.8 Å². The van der Waals surface area contributed by atoms with E-state index in [1.807, 2.05) is 0 Å². The van der Waals surface area contributed by atoms with Gasteiger partial charge in [0.15, 0.2) is 0 Å². The van der Waals surface area contributed by atoms with Crippen LogP contribution in [-0.2, 0) is 4.74 Å². The van der Waals surface area contributed by atoms with Crippen molar-refractivity contribution < 1.29 is 4.74 Å². The first-order valence-corrected chi connectivity index (χ1v) is 7.08. The fourth-order valence-corrected chi connectivity index (χ4v) is 1.87. The van der Waals surface area contributed by atoms with Gasteiger partial charge in [0.1, 0.15) is 0 Å². The predicted octanol–water partition coefficient (Wildman–Crippen LogP) is 2.97. The lowest BCUT2D eigenvalue weighted by atomic mass is 10.2. The van der Waals surface area contributed by atoms with Gasteiger partial charge in [0.05, 0.1) is 12.2 Å². The summed E-state index contributed by atoms with van der Waals surface area (Å²) in [5.74, 6) is 0. The van der Waals surface area contributed by atoms with Crippen molar-refractivity contribution >= 4 is 5.69 Å². The van der Waals surface area contributed by atoms with Crippen LogP contribution in [0.3, 0.4) is 0 Å². The number of nitrogens with two attached hydrogens (primary N) is 1. The molecule has 0 fully saturated rings. The fourth-order valence-electron chi connectivity index (χ4n) is 1.87. The zero-order valence-electron chi connectivity index (χ0n) is 12.8. The SMILES string of the molecule is Cc1ccc(N(CCCN)CCOC(C)(C)C)cc1. The minimum Gasteiger partial charge on any atom is -0.374 e. The molecule has 0 atom stereocenters. The van der Waals surface area contributed by atoms with E-state index >= 15 is 0 Å². The summed E-state index contributed by atoms with van der Waals surface area (Å²) >= 11 is 0. The Balaban J connectivity index is 2.58. The molecule has 0 bridgehead atoms. The third-order valence-electron chi connectivity index (χ3n) is 2.93. The van der Waals surface area contributed by atoms with Gasteiger partial charge in [-0.1, -0.05) is 17.7 Å². The molecule has 1 rings (SSSR count). The lowest BCUT2D eigenvalue weighted by Crippen LogP contribution is -2.32. The Morgan fingerprint density at radius 3 is 2.26 bits per heavy atom. The predicted molar refractivity (Wildman–Crippen MR) is 82.8 cm³/mol. The zero-order chi connectivity index (χ0) is 14.3. The fraction of sp³-hybridized carbons (Fsp3) is 0.625. The molecule has 1 aromatic rings. The van der Waals surface area contributed by atoms with E-state index in [1.54, 1.807) is 0 Å². The van der Waals surface area contributed by atoms with Crippen molar-refractivity contribution in [2.24, 2.45) is 5.73 Å². The second kappa shape index (κ2) is 7.51. The van der Waals surface area contributed by atoms with E-state index < -0.39 is 0 Å². The van der Waals surface area contributed by atoms with Gasteiger partial charge in [-0.25, -0.2) is 0 Å². The van der Waals surface area contributed by atoms with Crippen LogP contribution in [0.5, 0.6) is 0 Å². The van der Waals surface area contributed by atoms with Gasteiger partial charge in [-0.15, -0.1) is 0 Å². The van der Waals surface area contributed by atoms with Crippen molar-refractivity contribution in [3.63, 3.8) is 0 Å². The quantitative estimate of drug-likeness (QED) is 0.823. The highest BCUT2D eigenvalue weighted by atomic mass is 16.5. The van der Waals surface area contributed by atoms with Crippen LogP contribution in [0.15, 0.2) is 24.3 Å². The molecule has 0 aliphatic carbocycles. The molecule has 19 heavy (non-hydrogen) atoms. The standard InChI is InChI=1S/C16H28N2O/c1-14-6-8-15(9-7-14)18(11-5-10-17)12-13-19-16(2,3)4/h6-9H,5,10-13,17H2,1-4H3. The first-order chi connectivity index (χ1) is 8.92. The summed E-state index contributed by atoms with van der Waals surface area (Å²) in [6.45, 7) is 11.7. The van der Waals surface area contributed by atoms with Crippen LogP contribution in [0.1, 0.15) is 32.8 Å². The van der Waals surface area contributed by atoms with Crippen LogP contribution in [0.4, 0.5) is 5.69 Å². The maximum absolute atomic E-state index is 5.81. The van der Waals surface area contributed by atoms with E-state index in [4.69, 9.17) is 10.5 Å². The lowest BCUT2D eigenvalue weighted by Gasteiger charge is -2.27. The van der Waals surface area contributed by atoms with Crippen molar-refractivity contribution in [1.82, 2.24) is 0 Å². The Morgan fingerprint density at radius 1 is 1.11 bits per heavy atom. The molecule has 0 aliphatic rings. The number of nitrogens with zero attached hydrogens (tertiary/aromatic N) is 1. The second-order valence-corrected chi connectivity index (χ2v) is 5.93. The maximum Gasteiger partial charge on any atom is 0.0648 e. The van der Waals surface area contributed by atoms with E-state index in [1.165, 1.54) is 11.3 Å². The number of hydrogen-bond donors (Lipinski definition) is 1. The molecule has 3 heteroatoms. The van der Waals surface area contributed by atoms with Crippen molar-refractivity contribution in [3.05, 3.63) is 29.8 Å². The summed E-state index contributed by atoms with van der Waals surface area (Å²) in [6.07, 6.45) is 1.00. The highest BCUT2D eigenvalue weighted by Gasteiger charge is 2.11. The normalized spacial score (nSPS) is 11.6. The highest BCUT2D eigenvalue weighted by molar-refractivity contribution is 5.47. The highest BCUT2D eigenvalue weighted by Crippen LogP contribution is 2.16. The number of aryl methyl sites for hydroxylation is 1. The molecule has 1 aromatic carbocycles. The largest absolute Gasteiger partial charge is 0.374 e. The summed E-state index contributed by atoms with van der Waals surface area (Å²) in [6, 6.07) is 8.64. The molecule has 3 nitrogen and oxygen atoms in total. The van der Waals surface area contributed by atoms with Gasteiger partial charge in [0.2, 0.25) is 0 Å².